The average molecular weight is 293 g/mol. The summed E-state index contributed by atoms with van der Waals surface area (Å²) in [6, 6.07) is 4.90. The minimum Gasteiger partial charge on any atom is -0.481 e. The molecule has 0 radical (unpaired) electrons. The Morgan fingerprint density at radius 3 is 2.57 bits per heavy atom. The second kappa shape index (κ2) is 6.53. The SMILES string of the molecule is Cc1ccc([N+](=O)[O-])cc1N1CCN(CCC(=O)O)CC1. The normalized spacial score (nSPS) is 16.0. The summed E-state index contributed by atoms with van der Waals surface area (Å²) in [5.41, 5.74) is 2.01. The number of carboxylic acids is 1. The number of nitro groups is 1. The summed E-state index contributed by atoms with van der Waals surface area (Å²) < 4.78 is 0. The zero-order chi connectivity index (χ0) is 15.4. The second-order valence-electron chi connectivity index (χ2n) is 5.20. The molecule has 1 aliphatic rings. The standard InChI is InChI=1S/C14H19N3O4/c1-11-2-3-12(17(20)21)10-13(11)16-8-6-15(7-9-16)5-4-14(18)19/h2-3,10H,4-9H2,1H3,(H,18,19). The molecule has 1 heterocycles. The van der Waals surface area contributed by atoms with Crippen LogP contribution in [0.25, 0.3) is 0 Å². The molecule has 0 aliphatic carbocycles. The van der Waals surface area contributed by atoms with Crippen LogP contribution < -0.4 is 4.90 Å². The fourth-order valence-corrected chi connectivity index (χ4v) is 2.52. The first kappa shape index (κ1) is 15.2. The highest BCUT2D eigenvalue weighted by Gasteiger charge is 2.20. The van der Waals surface area contributed by atoms with Gasteiger partial charge in [0.2, 0.25) is 0 Å². The van der Waals surface area contributed by atoms with Crippen molar-refractivity contribution in [1.82, 2.24) is 4.90 Å². The van der Waals surface area contributed by atoms with Crippen LogP contribution in [0.15, 0.2) is 18.2 Å². The van der Waals surface area contributed by atoms with E-state index in [1.54, 1.807) is 12.1 Å². The Labute approximate surface area is 122 Å². The van der Waals surface area contributed by atoms with Crippen molar-refractivity contribution in [2.24, 2.45) is 0 Å². The molecule has 21 heavy (non-hydrogen) atoms. The molecule has 0 bridgehead atoms. The Balaban J connectivity index is 2.00. The fraction of sp³-hybridized carbons (Fsp3) is 0.500. The van der Waals surface area contributed by atoms with Gasteiger partial charge in [0.25, 0.3) is 5.69 Å². The molecule has 0 spiro atoms. The maximum absolute atomic E-state index is 10.9. The lowest BCUT2D eigenvalue weighted by molar-refractivity contribution is -0.384. The highest BCUT2D eigenvalue weighted by atomic mass is 16.6. The molecule has 1 aromatic carbocycles. The zero-order valence-electron chi connectivity index (χ0n) is 12.0. The van der Waals surface area contributed by atoms with Crippen LogP contribution in [0.3, 0.4) is 0 Å². The predicted molar refractivity (Wildman–Crippen MR) is 78.7 cm³/mol. The van der Waals surface area contributed by atoms with Crippen molar-refractivity contribution in [1.29, 1.82) is 0 Å². The van der Waals surface area contributed by atoms with Gasteiger partial charge in [-0.1, -0.05) is 6.07 Å². The first-order valence-corrected chi connectivity index (χ1v) is 6.91. The maximum Gasteiger partial charge on any atom is 0.304 e. The van der Waals surface area contributed by atoms with Gasteiger partial charge in [-0.25, -0.2) is 0 Å². The fourth-order valence-electron chi connectivity index (χ4n) is 2.52. The van der Waals surface area contributed by atoms with E-state index in [2.05, 4.69) is 9.80 Å². The van der Waals surface area contributed by atoms with E-state index in [9.17, 15) is 14.9 Å². The lowest BCUT2D eigenvalue weighted by atomic mass is 10.1. The number of carbonyl (C=O) groups is 1. The van der Waals surface area contributed by atoms with Crippen molar-refractivity contribution in [3.8, 4) is 0 Å². The topological polar surface area (TPSA) is 86.9 Å². The minimum atomic E-state index is -0.785. The van der Waals surface area contributed by atoms with Crippen LogP contribution in [-0.4, -0.2) is 53.6 Å². The number of carboxylic acid groups (broad SMARTS) is 1. The van der Waals surface area contributed by atoms with Gasteiger partial charge in [0.05, 0.1) is 11.3 Å². The highest BCUT2D eigenvalue weighted by molar-refractivity contribution is 5.66. The number of non-ortho nitro benzene ring substituents is 1. The van der Waals surface area contributed by atoms with Crippen LogP contribution in [0, 0.1) is 17.0 Å². The summed E-state index contributed by atoms with van der Waals surface area (Å²) in [5, 5.41) is 19.6. The van der Waals surface area contributed by atoms with E-state index < -0.39 is 5.97 Å². The molecule has 114 valence electrons. The monoisotopic (exact) mass is 293 g/mol. The number of aliphatic carboxylic acids is 1. The van der Waals surface area contributed by atoms with Crippen LogP contribution >= 0.6 is 0 Å². The largest absolute Gasteiger partial charge is 0.481 e. The quantitative estimate of drug-likeness (QED) is 0.654. The highest BCUT2D eigenvalue weighted by Crippen LogP contribution is 2.26. The van der Waals surface area contributed by atoms with E-state index >= 15 is 0 Å². The number of rotatable bonds is 5. The van der Waals surface area contributed by atoms with Gasteiger partial charge >= 0.3 is 5.97 Å². The molecule has 1 saturated heterocycles. The molecule has 0 saturated carbocycles. The van der Waals surface area contributed by atoms with Crippen molar-refractivity contribution in [3.63, 3.8) is 0 Å². The second-order valence-corrected chi connectivity index (χ2v) is 5.20. The van der Waals surface area contributed by atoms with Crippen LogP contribution in [0.1, 0.15) is 12.0 Å². The molecule has 1 aliphatic heterocycles. The summed E-state index contributed by atoms with van der Waals surface area (Å²) in [4.78, 5) is 25.3. The van der Waals surface area contributed by atoms with Gasteiger partial charge in [-0.15, -0.1) is 0 Å². The molecule has 0 atom stereocenters. The molecule has 1 N–H and O–H groups in total. The summed E-state index contributed by atoms with van der Waals surface area (Å²) in [5.74, 6) is -0.785. The number of hydrogen-bond acceptors (Lipinski definition) is 5. The van der Waals surface area contributed by atoms with Crippen molar-refractivity contribution in [3.05, 3.63) is 33.9 Å². The van der Waals surface area contributed by atoms with Crippen LogP contribution in [0.2, 0.25) is 0 Å². The Kier molecular flexibility index (Phi) is 4.74. The lowest BCUT2D eigenvalue weighted by Crippen LogP contribution is -2.47. The Morgan fingerprint density at radius 2 is 2.00 bits per heavy atom. The van der Waals surface area contributed by atoms with E-state index in [1.165, 1.54) is 6.07 Å². The van der Waals surface area contributed by atoms with E-state index in [0.717, 1.165) is 37.4 Å². The number of anilines is 1. The van der Waals surface area contributed by atoms with Gasteiger partial charge < -0.3 is 10.0 Å². The van der Waals surface area contributed by atoms with Gasteiger partial charge in [-0.3, -0.25) is 19.8 Å². The van der Waals surface area contributed by atoms with Gasteiger partial charge in [-0.05, 0) is 12.5 Å². The third-order valence-electron chi connectivity index (χ3n) is 3.76. The van der Waals surface area contributed by atoms with Gasteiger partial charge in [0.15, 0.2) is 0 Å². The Bertz CT molecular complexity index is 539. The Hall–Kier alpha value is -2.15. The number of hydrogen-bond donors (Lipinski definition) is 1. The number of aryl methyl sites for hydroxylation is 1. The number of piperazine rings is 1. The molecule has 0 unspecified atom stereocenters. The van der Waals surface area contributed by atoms with E-state index in [-0.39, 0.29) is 17.0 Å². The van der Waals surface area contributed by atoms with Crippen LogP contribution in [0.5, 0.6) is 0 Å². The van der Waals surface area contributed by atoms with Gasteiger partial charge in [0, 0.05) is 50.5 Å². The van der Waals surface area contributed by atoms with E-state index in [0.29, 0.717) is 6.54 Å². The summed E-state index contributed by atoms with van der Waals surface area (Å²) >= 11 is 0. The average Bonchev–Trinajstić information content (AvgIpc) is 2.46. The molecule has 0 amide bonds. The van der Waals surface area contributed by atoms with Crippen LogP contribution in [0.4, 0.5) is 11.4 Å². The minimum absolute atomic E-state index is 0.101. The molecular formula is C14H19N3O4. The summed E-state index contributed by atoms with van der Waals surface area (Å²) in [6.07, 6.45) is 0.149. The molecule has 1 aromatic rings. The summed E-state index contributed by atoms with van der Waals surface area (Å²) in [7, 11) is 0. The number of nitro benzene ring substituents is 1. The molecule has 7 heteroatoms. The van der Waals surface area contributed by atoms with Crippen molar-refractivity contribution < 1.29 is 14.8 Å². The smallest absolute Gasteiger partial charge is 0.304 e. The third kappa shape index (κ3) is 3.91. The van der Waals surface area contributed by atoms with Gasteiger partial charge in [0.1, 0.15) is 0 Å². The van der Waals surface area contributed by atoms with E-state index in [1.807, 2.05) is 6.92 Å². The number of benzene rings is 1. The summed E-state index contributed by atoms with van der Waals surface area (Å²) in [6.45, 7) is 5.54. The molecule has 1 fully saturated rings. The molecular weight excluding hydrogens is 274 g/mol. The van der Waals surface area contributed by atoms with Crippen molar-refractivity contribution in [2.45, 2.75) is 13.3 Å². The number of nitrogens with zero attached hydrogens (tertiary/aromatic N) is 3. The first-order chi connectivity index (χ1) is 9.97. The lowest BCUT2D eigenvalue weighted by Gasteiger charge is -2.36. The maximum atomic E-state index is 10.9. The van der Waals surface area contributed by atoms with Crippen molar-refractivity contribution >= 4 is 17.3 Å². The van der Waals surface area contributed by atoms with E-state index in [4.69, 9.17) is 5.11 Å². The predicted octanol–water partition coefficient (Wildman–Crippen LogP) is 1.50. The zero-order valence-corrected chi connectivity index (χ0v) is 12.0. The van der Waals surface area contributed by atoms with Crippen molar-refractivity contribution in [2.75, 3.05) is 37.6 Å². The molecule has 0 aromatic heterocycles. The Morgan fingerprint density at radius 1 is 1.33 bits per heavy atom. The molecule has 2 rings (SSSR count). The molecule has 7 nitrogen and oxygen atoms in total. The van der Waals surface area contributed by atoms with Gasteiger partial charge in [-0.2, -0.15) is 0 Å². The van der Waals surface area contributed by atoms with Crippen LogP contribution in [-0.2, 0) is 4.79 Å². The first-order valence-electron chi connectivity index (χ1n) is 6.91. The third-order valence-corrected chi connectivity index (χ3v) is 3.76.